The molecule has 0 saturated carbocycles. The fraction of sp³-hybridized carbons (Fsp3) is 0.750. The Kier molecular flexibility index (Phi) is 1.51. The predicted molar refractivity (Wildman–Crippen MR) is 39.9 cm³/mol. The lowest BCUT2D eigenvalue weighted by Crippen LogP contribution is -2.36. The van der Waals surface area contributed by atoms with Gasteiger partial charge in [-0.25, -0.2) is 0 Å². The van der Waals surface area contributed by atoms with E-state index in [0.29, 0.717) is 12.1 Å². The average molecular weight is 139 g/mol. The zero-order chi connectivity index (χ0) is 6.97. The molecular formula is C8H13NO. The first-order chi connectivity index (χ1) is 4.90. The van der Waals surface area contributed by atoms with E-state index in [1.165, 1.54) is 6.42 Å². The molecule has 2 aliphatic heterocycles. The highest BCUT2D eigenvalue weighted by molar-refractivity contribution is 4.93. The molecule has 0 aromatic carbocycles. The molecule has 0 N–H and O–H groups in total. The van der Waals surface area contributed by atoms with E-state index >= 15 is 0 Å². The van der Waals surface area contributed by atoms with Gasteiger partial charge in [0.15, 0.2) is 0 Å². The maximum Gasteiger partial charge on any atom is 0.0718 e. The van der Waals surface area contributed by atoms with Crippen molar-refractivity contribution in [2.45, 2.75) is 18.6 Å². The Balaban J connectivity index is 1.95. The van der Waals surface area contributed by atoms with E-state index in [-0.39, 0.29) is 0 Å². The molecule has 2 saturated heterocycles. The van der Waals surface area contributed by atoms with Crippen molar-refractivity contribution in [1.82, 2.24) is 4.90 Å². The smallest absolute Gasteiger partial charge is 0.0718 e. The minimum absolute atomic E-state index is 0.532. The van der Waals surface area contributed by atoms with E-state index in [9.17, 15) is 0 Å². The number of likely N-dealkylation sites (tertiary alicyclic amines) is 1. The monoisotopic (exact) mass is 139 g/mol. The van der Waals surface area contributed by atoms with E-state index < -0.39 is 0 Å². The molecule has 2 rings (SSSR count). The summed E-state index contributed by atoms with van der Waals surface area (Å²) in [5, 5.41) is 0. The van der Waals surface area contributed by atoms with Crippen molar-refractivity contribution in [3.8, 4) is 0 Å². The van der Waals surface area contributed by atoms with E-state index in [0.717, 1.165) is 19.7 Å². The van der Waals surface area contributed by atoms with Crippen molar-refractivity contribution in [2.24, 2.45) is 0 Å². The first-order valence-electron chi connectivity index (χ1n) is 3.86. The molecule has 2 heterocycles. The third kappa shape index (κ3) is 0.879. The highest BCUT2D eigenvalue weighted by Gasteiger charge is 2.37. The fourth-order valence-electron chi connectivity index (χ4n) is 1.87. The summed E-state index contributed by atoms with van der Waals surface area (Å²) < 4.78 is 5.45. The van der Waals surface area contributed by atoms with Gasteiger partial charge in [0.05, 0.1) is 12.7 Å². The van der Waals surface area contributed by atoms with E-state index in [1.807, 2.05) is 6.08 Å². The van der Waals surface area contributed by atoms with Crippen LogP contribution in [-0.4, -0.2) is 36.7 Å². The number of hydrogen-bond acceptors (Lipinski definition) is 2. The maximum atomic E-state index is 5.45. The lowest BCUT2D eigenvalue weighted by molar-refractivity contribution is 0.0356. The topological polar surface area (TPSA) is 12.5 Å². The lowest BCUT2D eigenvalue weighted by atomic mass is 10.2. The molecule has 2 fully saturated rings. The van der Waals surface area contributed by atoms with Crippen LogP contribution in [-0.2, 0) is 4.74 Å². The molecule has 0 amide bonds. The number of hydrogen-bond donors (Lipinski definition) is 0. The molecule has 0 aromatic heterocycles. The summed E-state index contributed by atoms with van der Waals surface area (Å²) in [7, 11) is 0. The van der Waals surface area contributed by atoms with Gasteiger partial charge in [-0.05, 0) is 6.42 Å². The Hall–Kier alpha value is -0.340. The van der Waals surface area contributed by atoms with E-state index in [2.05, 4.69) is 11.5 Å². The van der Waals surface area contributed by atoms with Crippen molar-refractivity contribution in [2.75, 3.05) is 19.7 Å². The van der Waals surface area contributed by atoms with Gasteiger partial charge in [-0.2, -0.15) is 0 Å². The largest absolute Gasteiger partial charge is 0.375 e. The van der Waals surface area contributed by atoms with Gasteiger partial charge < -0.3 is 4.74 Å². The second kappa shape index (κ2) is 2.36. The summed E-state index contributed by atoms with van der Waals surface area (Å²) in [4.78, 5) is 2.45. The summed E-state index contributed by atoms with van der Waals surface area (Å²) >= 11 is 0. The Labute approximate surface area is 61.5 Å². The molecule has 2 bridgehead atoms. The molecule has 2 aliphatic rings. The van der Waals surface area contributed by atoms with Crippen LogP contribution in [0.1, 0.15) is 6.42 Å². The molecular weight excluding hydrogens is 126 g/mol. The normalized spacial score (nSPS) is 38.8. The first-order valence-corrected chi connectivity index (χ1v) is 3.86. The van der Waals surface area contributed by atoms with Crippen LogP contribution >= 0.6 is 0 Å². The van der Waals surface area contributed by atoms with Crippen LogP contribution in [0.3, 0.4) is 0 Å². The second-order valence-corrected chi connectivity index (χ2v) is 3.09. The molecule has 56 valence electrons. The van der Waals surface area contributed by atoms with Crippen LogP contribution in [0, 0.1) is 0 Å². The van der Waals surface area contributed by atoms with E-state index in [1.54, 1.807) is 0 Å². The highest BCUT2D eigenvalue weighted by Crippen LogP contribution is 2.26. The van der Waals surface area contributed by atoms with Gasteiger partial charge in [0.25, 0.3) is 0 Å². The summed E-state index contributed by atoms with van der Waals surface area (Å²) in [5.41, 5.74) is 0. The number of rotatable bonds is 2. The summed E-state index contributed by atoms with van der Waals surface area (Å²) in [6, 6.07) is 0.697. The zero-order valence-corrected chi connectivity index (χ0v) is 6.12. The summed E-state index contributed by atoms with van der Waals surface area (Å²) in [6.07, 6.45) is 3.75. The number of morpholine rings is 1. The highest BCUT2D eigenvalue weighted by atomic mass is 16.5. The van der Waals surface area contributed by atoms with Crippen LogP contribution in [0.2, 0.25) is 0 Å². The van der Waals surface area contributed by atoms with Gasteiger partial charge >= 0.3 is 0 Å². The van der Waals surface area contributed by atoms with Crippen LogP contribution in [0.4, 0.5) is 0 Å². The predicted octanol–water partition coefficient (Wildman–Crippen LogP) is 0.645. The van der Waals surface area contributed by atoms with Crippen molar-refractivity contribution < 1.29 is 4.74 Å². The molecule has 2 heteroatoms. The minimum Gasteiger partial charge on any atom is -0.375 e. The molecule has 10 heavy (non-hydrogen) atoms. The van der Waals surface area contributed by atoms with Gasteiger partial charge in [-0.3, -0.25) is 4.90 Å². The standard InChI is InChI=1S/C8H13NO/c1-2-3-9-5-8-4-7(9)6-10-8/h2,7-8H,1,3-6H2. The molecule has 0 aliphatic carbocycles. The van der Waals surface area contributed by atoms with Crippen molar-refractivity contribution in [1.29, 1.82) is 0 Å². The molecule has 2 atom stereocenters. The third-order valence-corrected chi connectivity index (χ3v) is 2.38. The van der Waals surface area contributed by atoms with Gasteiger partial charge in [-0.1, -0.05) is 6.08 Å². The van der Waals surface area contributed by atoms with Crippen LogP contribution < -0.4 is 0 Å². The van der Waals surface area contributed by atoms with Crippen LogP contribution in [0.15, 0.2) is 12.7 Å². The summed E-state index contributed by atoms with van der Waals surface area (Å²) in [5.74, 6) is 0. The quantitative estimate of drug-likeness (QED) is 0.521. The number of ether oxygens (including phenoxy) is 1. The molecule has 0 radical (unpaired) electrons. The van der Waals surface area contributed by atoms with Crippen molar-refractivity contribution in [3.05, 3.63) is 12.7 Å². The molecule has 2 unspecified atom stereocenters. The molecule has 0 spiro atoms. The average Bonchev–Trinajstić information content (AvgIpc) is 2.48. The maximum absolute atomic E-state index is 5.45. The Morgan fingerprint density at radius 3 is 3.10 bits per heavy atom. The van der Waals surface area contributed by atoms with Gasteiger partial charge in [0, 0.05) is 19.1 Å². The fourth-order valence-corrected chi connectivity index (χ4v) is 1.87. The SMILES string of the molecule is C=CCN1CC2CC1CO2. The zero-order valence-electron chi connectivity index (χ0n) is 6.12. The Morgan fingerprint density at radius 2 is 2.60 bits per heavy atom. The first kappa shape index (κ1) is 6.38. The Bertz CT molecular complexity index is 146. The Morgan fingerprint density at radius 1 is 1.70 bits per heavy atom. The minimum atomic E-state index is 0.532. The van der Waals surface area contributed by atoms with Crippen LogP contribution in [0.5, 0.6) is 0 Å². The second-order valence-electron chi connectivity index (χ2n) is 3.09. The molecule has 2 nitrogen and oxygen atoms in total. The summed E-state index contributed by atoms with van der Waals surface area (Å²) in [6.45, 7) is 6.82. The van der Waals surface area contributed by atoms with Crippen LogP contribution in [0.25, 0.3) is 0 Å². The van der Waals surface area contributed by atoms with Crippen molar-refractivity contribution >= 4 is 0 Å². The number of nitrogens with zero attached hydrogens (tertiary/aromatic N) is 1. The lowest BCUT2D eigenvalue weighted by Gasteiger charge is -2.24. The molecule has 0 aromatic rings. The third-order valence-electron chi connectivity index (χ3n) is 2.38. The van der Waals surface area contributed by atoms with Crippen molar-refractivity contribution in [3.63, 3.8) is 0 Å². The van der Waals surface area contributed by atoms with Gasteiger partial charge in [0.2, 0.25) is 0 Å². The van der Waals surface area contributed by atoms with E-state index in [4.69, 9.17) is 4.74 Å². The number of fused-ring (bicyclic) bond motifs is 2. The van der Waals surface area contributed by atoms with Gasteiger partial charge in [-0.15, -0.1) is 6.58 Å². The van der Waals surface area contributed by atoms with Gasteiger partial charge in [0.1, 0.15) is 0 Å².